The zero-order valence-corrected chi connectivity index (χ0v) is 19.0. The molecule has 4 N–H and O–H groups in total. The quantitative estimate of drug-likeness (QED) is 0.496. The highest BCUT2D eigenvalue weighted by atomic mass is 32.2. The molecule has 0 aliphatic rings. The van der Waals surface area contributed by atoms with Crippen molar-refractivity contribution in [2.45, 2.75) is 43.6 Å². The van der Waals surface area contributed by atoms with Crippen molar-refractivity contribution in [2.24, 2.45) is 11.3 Å². The molecule has 2 rings (SSSR count). The van der Waals surface area contributed by atoms with Gasteiger partial charge in [0.05, 0.1) is 22.5 Å². The summed E-state index contributed by atoms with van der Waals surface area (Å²) in [6, 6.07) is 14.8. The van der Waals surface area contributed by atoms with Crippen LogP contribution in [-0.4, -0.2) is 48.9 Å². The van der Waals surface area contributed by atoms with E-state index in [1.807, 2.05) is 27.7 Å². The van der Waals surface area contributed by atoms with E-state index < -0.39 is 26.3 Å². The summed E-state index contributed by atoms with van der Waals surface area (Å²) >= 11 is 0. The summed E-state index contributed by atoms with van der Waals surface area (Å²) in [6.45, 7) is 7.64. The molecule has 0 radical (unpaired) electrons. The maximum absolute atomic E-state index is 10.4. The summed E-state index contributed by atoms with van der Waals surface area (Å²) in [6.07, 6.45) is -0.419. The van der Waals surface area contributed by atoms with Gasteiger partial charge in [0.2, 0.25) is 0 Å². The van der Waals surface area contributed by atoms with E-state index in [1.54, 1.807) is 36.4 Å². The van der Waals surface area contributed by atoms with Crippen LogP contribution in [0, 0.1) is 11.3 Å². The average molecular weight is 463 g/mol. The van der Waals surface area contributed by atoms with E-state index in [-0.39, 0.29) is 27.7 Å². The van der Waals surface area contributed by atoms with Crippen LogP contribution in [0.5, 0.6) is 0 Å². The van der Waals surface area contributed by atoms with Crippen molar-refractivity contribution in [3.05, 3.63) is 60.7 Å². The van der Waals surface area contributed by atoms with Crippen LogP contribution in [0.15, 0.2) is 70.5 Å². The number of aliphatic hydroxyl groups is 2. The predicted molar refractivity (Wildman–Crippen MR) is 114 cm³/mol. The third kappa shape index (κ3) is 10.8. The largest absolute Gasteiger partial charge is 0.396 e. The Hall–Kier alpha value is -1.82. The van der Waals surface area contributed by atoms with Crippen LogP contribution in [0.25, 0.3) is 0 Å². The average Bonchev–Trinajstić information content (AvgIpc) is 2.68. The molecule has 8 nitrogen and oxygen atoms in total. The van der Waals surface area contributed by atoms with Crippen molar-refractivity contribution in [2.75, 3.05) is 6.61 Å². The van der Waals surface area contributed by atoms with E-state index in [0.717, 1.165) is 0 Å². The lowest BCUT2D eigenvalue weighted by molar-refractivity contribution is -0.0204. The molecule has 1 unspecified atom stereocenters. The van der Waals surface area contributed by atoms with Crippen molar-refractivity contribution in [3.63, 3.8) is 0 Å². The predicted octanol–water partition coefficient (Wildman–Crippen LogP) is 2.89. The molecule has 0 fully saturated rings. The van der Waals surface area contributed by atoms with Gasteiger partial charge in [0.25, 0.3) is 20.2 Å². The number of hydrogen-bond acceptors (Lipinski definition) is 6. The van der Waals surface area contributed by atoms with Crippen LogP contribution in [0.1, 0.15) is 27.7 Å². The highest BCUT2D eigenvalue weighted by molar-refractivity contribution is 7.86. The van der Waals surface area contributed by atoms with Crippen LogP contribution in [0.3, 0.4) is 0 Å². The molecule has 170 valence electrons. The van der Waals surface area contributed by atoms with E-state index in [2.05, 4.69) is 0 Å². The zero-order valence-electron chi connectivity index (χ0n) is 17.4. The van der Waals surface area contributed by atoms with Gasteiger partial charge in [0.15, 0.2) is 0 Å². The summed E-state index contributed by atoms with van der Waals surface area (Å²) < 4.78 is 58.5. The summed E-state index contributed by atoms with van der Waals surface area (Å²) in [5, 5.41) is 18.3. The minimum absolute atomic E-state index is 0.0341. The summed E-state index contributed by atoms with van der Waals surface area (Å²) in [5.74, 6) is 0.210. The molecule has 1 atom stereocenters. The monoisotopic (exact) mass is 462 g/mol. The second-order valence-corrected chi connectivity index (χ2v) is 10.3. The van der Waals surface area contributed by atoms with Gasteiger partial charge < -0.3 is 10.2 Å². The number of hydrogen-bond donors (Lipinski definition) is 4. The van der Waals surface area contributed by atoms with Gasteiger partial charge in [-0.15, -0.1) is 0 Å². The normalized spacial score (nSPS) is 12.8. The zero-order chi connectivity index (χ0) is 23.6. The summed E-state index contributed by atoms with van der Waals surface area (Å²) in [5.41, 5.74) is -0.367. The Labute approximate surface area is 178 Å². The van der Waals surface area contributed by atoms with E-state index in [1.165, 1.54) is 24.3 Å². The Morgan fingerprint density at radius 1 is 0.767 bits per heavy atom. The van der Waals surface area contributed by atoms with Crippen molar-refractivity contribution >= 4 is 20.2 Å². The first-order valence-corrected chi connectivity index (χ1v) is 11.8. The molecule has 0 aliphatic carbocycles. The first-order valence-electron chi connectivity index (χ1n) is 8.97. The van der Waals surface area contributed by atoms with Gasteiger partial charge >= 0.3 is 0 Å². The number of rotatable bonds is 5. The van der Waals surface area contributed by atoms with Gasteiger partial charge in [-0.25, -0.2) is 0 Å². The Bertz CT molecular complexity index is 871. The Balaban J connectivity index is 0.000000420. The SMILES string of the molecule is CC(C)C(O)C(C)(C)CO.O=S(=O)(O)c1ccccc1.O=S(=O)(O)c1ccccc1. The molecule has 0 amide bonds. The fraction of sp³-hybridized carbons (Fsp3) is 0.400. The fourth-order valence-corrected chi connectivity index (χ4v) is 3.18. The molecule has 0 spiro atoms. The smallest absolute Gasteiger partial charge is 0.294 e. The van der Waals surface area contributed by atoms with Gasteiger partial charge in [-0.3, -0.25) is 9.11 Å². The second-order valence-electron chi connectivity index (χ2n) is 7.41. The van der Waals surface area contributed by atoms with Gasteiger partial charge in [-0.05, 0) is 30.2 Å². The van der Waals surface area contributed by atoms with Gasteiger partial charge in [0.1, 0.15) is 0 Å². The molecular formula is C20H30O8S2. The molecule has 2 aromatic rings. The number of benzene rings is 2. The molecule has 0 aliphatic heterocycles. The molecule has 0 aromatic heterocycles. The Morgan fingerprint density at radius 3 is 1.20 bits per heavy atom. The van der Waals surface area contributed by atoms with Crippen LogP contribution in [0.2, 0.25) is 0 Å². The molecule has 2 aromatic carbocycles. The standard InChI is InChI=1S/C8H18O2.2C6H6O3S/c1-6(2)7(10)8(3,4)5-9;2*7-10(8,9)6-4-2-1-3-5-6/h6-7,9-10H,5H2,1-4H3;2*1-5H,(H,7,8,9). The van der Waals surface area contributed by atoms with Crippen LogP contribution < -0.4 is 0 Å². The van der Waals surface area contributed by atoms with E-state index >= 15 is 0 Å². The highest BCUT2D eigenvalue weighted by Gasteiger charge is 2.28. The minimum Gasteiger partial charge on any atom is -0.396 e. The molecule has 0 heterocycles. The van der Waals surface area contributed by atoms with Crippen LogP contribution >= 0.6 is 0 Å². The first-order chi connectivity index (χ1) is 13.6. The van der Waals surface area contributed by atoms with Gasteiger partial charge in [0, 0.05) is 5.41 Å². The minimum atomic E-state index is -4.00. The third-order valence-electron chi connectivity index (χ3n) is 3.92. The maximum Gasteiger partial charge on any atom is 0.294 e. The van der Waals surface area contributed by atoms with Gasteiger partial charge in [-0.2, -0.15) is 16.8 Å². The maximum atomic E-state index is 10.4. The van der Waals surface area contributed by atoms with Crippen LogP contribution in [-0.2, 0) is 20.2 Å². The molecule has 30 heavy (non-hydrogen) atoms. The summed E-state index contributed by atoms with van der Waals surface area (Å²) in [4.78, 5) is -0.148. The lowest BCUT2D eigenvalue weighted by atomic mass is 9.82. The molecule has 0 bridgehead atoms. The topological polar surface area (TPSA) is 149 Å². The summed E-state index contributed by atoms with van der Waals surface area (Å²) in [7, 11) is -8.01. The number of aliphatic hydroxyl groups excluding tert-OH is 2. The van der Waals surface area contributed by atoms with Crippen molar-refractivity contribution < 1.29 is 36.2 Å². The lowest BCUT2D eigenvalue weighted by Gasteiger charge is -2.30. The lowest BCUT2D eigenvalue weighted by Crippen LogP contribution is -2.36. The van der Waals surface area contributed by atoms with Crippen molar-refractivity contribution in [1.29, 1.82) is 0 Å². The highest BCUT2D eigenvalue weighted by Crippen LogP contribution is 2.24. The van der Waals surface area contributed by atoms with Gasteiger partial charge in [-0.1, -0.05) is 64.1 Å². The van der Waals surface area contributed by atoms with E-state index in [0.29, 0.717) is 0 Å². The van der Waals surface area contributed by atoms with Crippen molar-refractivity contribution in [1.82, 2.24) is 0 Å². The van der Waals surface area contributed by atoms with Crippen LogP contribution in [0.4, 0.5) is 0 Å². The first kappa shape index (κ1) is 28.2. The molecule has 10 heteroatoms. The fourth-order valence-electron chi connectivity index (χ4n) is 2.18. The van der Waals surface area contributed by atoms with Crippen molar-refractivity contribution in [3.8, 4) is 0 Å². The molecular weight excluding hydrogens is 432 g/mol. The third-order valence-corrected chi connectivity index (χ3v) is 5.66. The Morgan fingerprint density at radius 2 is 1.07 bits per heavy atom. The van der Waals surface area contributed by atoms with E-state index in [4.69, 9.17) is 14.2 Å². The van der Waals surface area contributed by atoms with E-state index in [9.17, 15) is 21.9 Å². The second kappa shape index (κ2) is 12.1. The molecule has 0 saturated carbocycles. The Kier molecular flexibility index (Phi) is 11.4. The molecule has 0 saturated heterocycles.